The second-order valence-electron chi connectivity index (χ2n) is 5.76. The first-order valence-corrected chi connectivity index (χ1v) is 8.09. The maximum atomic E-state index is 12.1. The Morgan fingerprint density at radius 2 is 2.08 bits per heavy atom. The molecule has 1 aliphatic rings. The zero-order valence-electron chi connectivity index (χ0n) is 14.5. The van der Waals surface area contributed by atoms with Crippen LogP contribution in [0.1, 0.15) is 30.0 Å². The van der Waals surface area contributed by atoms with Crippen LogP contribution in [0, 0.1) is 6.92 Å². The third kappa shape index (κ3) is 3.96. The summed E-state index contributed by atoms with van der Waals surface area (Å²) in [7, 11) is 1.57. The van der Waals surface area contributed by atoms with Crippen molar-refractivity contribution in [1.82, 2.24) is 5.32 Å². The summed E-state index contributed by atoms with van der Waals surface area (Å²) in [4.78, 5) is 12.1. The van der Waals surface area contributed by atoms with Crippen molar-refractivity contribution in [3.05, 3.63) is 47.4 Å². The van der Waals surface area contributed by atoms with Gasteiger partial charge in [0.1, 0.15) is 24.7 Å². The smallest absolute Gasteiger partial charge is 0.244 e. The van der Waals surface area contributed by atoms with Crippen LogP contribution in [0.3, 0.4) is 0 Å². The SMILES string of the molecule is COc1cc(C=CC(=O)NC(C)c2ccc(C)o2)cc2c1OCCO2. The molecule has 1 aromatic carbocycles. The predicted octanol–water partition coefficient (Wildman–Crippen LogP) is 3.26. The van der Waals surface area contributed by atoms with Gasteiger partial charge in [0.05, 0.1) is 13.2 Å². The molecule has 0 bridgehead atoms. The van der Waals surface area contributed by atoms with E-state index in [1.54, 1.807) is 19.3 Å². The van der Waals surface area contributed by atoms with Crippen LogP contribution in [-0.4, -0.2) is 26.2 Å². The maximum absolute atomic E-state index is 12.1. The van der Waals surface area contributed by atoms with E-state index in [1.165, 1.54) is 6.08 Å². The highest BCUT2D eigenvalue weighted by Gasteiger charge is 2.18. The van der Waals surface area contributed by atoms with Gasteiger partial charge in [-0.25, -0.2) is 0 Å². The van der Waals surface area contributed by atoms with Crippen LogP contribution < -0.4 is 19.5 Å². The standard InChI is InChI=1S/C19H21NO5/c1-12-4-6-15(25-12)13(2)20-18(21)7-5-14-10-16(22-3)19-17(11-14)23-8-9-24-19/h4-7,10-11,13H,8-9H2,1-3H3,(H,20,21). The normalized spacial score (nSPS) is 14.4. The molecule has 2 heterocycles. The molecule has 1 atom stereocenters. The van der Waals surface area contributed by atoms with E-state index in [9.17, 15) is 4.79 Å². The van der Waals surface area contributed by atoms with Gasteiger partial charge < -0.3 is 23.9 Å². The topological polar surface area (TPSA) is 69.9 Å². The van der Waals surface area contributed by atoms with Gasteiger partial charge in [0.25, 0.3) is 0 Å². The van der Waals surface area contributed by atoms with Gasteiger partial charge in [0, 0.05) is 6.08 Å². The van der Waals surface area contributed by atoms with Gasteiger partial charge in [-0.2, -0.15) is 0 Å². The number of hydrogen-bond acceptors (Lipinski definition) is 5. The number of amides is 1. The van der Waals surface area contributed by atoms with E-state index >= 15 is 0 Å². The molecule has 2 aromatic rings. The lowest BCUT2D eigenvalue weighted by Gasteiger charge is -2.20. The minimum Gasteiger partial charge on any atom is -0.493 e. The van der Waals surface area contributed by atoms with Crippen LogP contribution in [0.5, 0.6) is 17.2 Å². The fraction of sp³-hybridized carbons (Fsp3) is 0.316. The third-order valence-electron chi connectivity index (χ3n) is 3.82. The summed E-state index contributed by atoms with van der Waals surface area (Å²) in [5.74, 6) is 3.12. The number of carbonyl (C=O) groups is 1. The average molecular weight is 343 g/mol. The number of nitrogens with one attached hydrogen (secondary N) is 1. The van der Waals surface area contributed by atoms with E-state index in [2.05, 4.69) is 5.32 Å². The number of hydrogen-bond donors (Lipinski definition) is 1. The molecule has 0 radical (unpaired) electrons. The second-order valence-corrected chi connectivity index (χ2v) is 5.76. The van der Waals surface area contributed by atoms with E-state index in [-0.39, 0.29) is 11.9 Å². The van der Waals surface area contributed by atoms with E-state index in [0.717, 1.165) is 17.1 Å². The lowest BCUT2D eigenvalue weighted by molar-refractivity contribution is -0.117. The number of ether oxygens (including phenoxy) is 3. The van der Waals surface area contributed by atoms with Gasteiger partial charge in [0.15, 0.2) is 11.5 Å². The summed E-state index contributed by atoms with van der Waals surface area (Å²) in [6.07, 6.45) is 3.17. The first kappa shape index (κ1) is 17.0. The van der Waals surface area contributed by atoms with Crippen molar-refractivity contribution >= 4 is 12.0 Å². The zero-order valence-corrected chi connectivity index (χ0v) is 14.5. The number of rotatable bonds is 5. The molecule has 0 saturated carbocycles. The number of benzene rings is 1. The van der Waals surface area contributed by atoms with Gasteiger partial charge in [-0.1, -0.05) is 0 Å². The number of fused-ring (bicyclic) bond motifs is 1. The van der Waals surface area contributed by atoms with Crippen molar-refractivity contribution in [3.8, 4) is 17.2 Å². The average Bonchev–Trinajstić information content (AvgIpc) is 3.05. The number of furan rings is 1. The summed E-state index contributed by atoms with van der Waals surface area (Å²) in [6.45, 7) is 4.72. The third-order valence-corrected chi connectivity index (χ3v) is 3.82. The van der Waals surface area contributed by atoms with Crippen LogP contribution in [0.2, 0.25) is 0 Å². The molecular weight excluding hydrogens is 322 g/mol. The van der Waals surface area contributed by atoms with Gasteiger partial charge >= 0.3 is 0 Å². The Bertz CT molecular complexity index is 776. The monoisotopic (exact) mass is 343 g/mol. The van der Waals surface area contributed by atoms with Crippen LogP contribution in [-0.2, 0) is 4.79 Å². The van der Waals surface area contributed by atoms with Gasteiger partial charge in [-0.15, -0.1) is 0 Å². The van der Waals surface area contributed by atoms with E-state index < -0.39 is 0 Å². The largest absolute Gasteiger partial charge is 0.493 e. The molecule has 1 aromatic heterocycles. The van der Waals surface area contributed by atoms with Crippen LogP contribution in [0.25, 0.3) is 6.08 Å². The Hall–Kier alpha value is -2.89. The highest BCUT2D eigenvalue weighted by molar-refractivity contribution is 5.92. The van der Waals surface area contributed by atoms with Crippen molar-refractivity contribution in [2.45, 2.75) is 19.9 Å². The first-order valence-electron chi connectivity index (χ1n) is 8.09. The summed E-state index contributed by atoms with van der Waals surface area (Å²) in [5, 5.41) is 2.86. The van der Waals surface area contributed by atoms with Crippen molar-refractivity contribution in [1.29, 1.82) is 0 Å². The van der Waals surface area contributed by atoms with Crippen molar-refractivity contribution < 1.29 is 23.4 Å². The highest BCUT2D eigenvalue weighted by atomic mass is 16.6. The minimum atomic E-state index is -0.213. The Morgan fingerprint density at radius 1 is 1.28 bits per heavy atom. The fourth-order valence-electron chi connectivity index (χ4n) is 2.58. The highest BCUT2D eigenvalue weighted by Crippen LogP contribution is 2.40. The molecule has 1 amide bonds. The molecule has 1 unspecified atom stereocenters. The quantitative estimate of drug-likeness (QED) is 0.844. The molecule has 1 N–H and O–H groups in total. The molecule has 6 heteroatoms. The number of carbonyl (C=O) groups excluding carboxylic acids is 1. The minimum absolute atomic E-state index is 0.208. The summed E-state index contributed by atoms with van der Waals surface area (Å²) in [5.41, 5.74) is 0.790. The van der Waals surface area contributed by atoms with Crippen LogP contribution >= 0.6 is 0 Å². The van der Waals surface area contributed by atoms with E-state index in [4.69, 9.17) is 18.6 Å². The summed E-state index contributed by atoms with van der Waals surface area (Å²) < 4.78 is 22.0. The molecule has 0 spiro atoms. The Morgan fingerprint density at radius 3 is 2.80 bits per heavy atom. The number of methoxy groups -OCH3 is 1. The van der Waals surface area contributed by atoms with Gasteiger partial charge in [-0.05, 0) is 49.8 Å². The molecule has 132 valence electrons. The maximum Gasteiger partial charge on any atom is 0.244 e. The Labute approximate surface area is 146 Å². The van der Waals surface area contributed by atoms with Crippen molar-refractivity contribution in [3.63, 3.8) is 0 Å². The summed E-state index contributed by atoms with van der Waals surface area (Å²) in [6, 6.07) is 7.14. The molecule has 0 saturated heterocycles. The summed E-state index contributed by atoms with van der Waals surface area (Å²) >= 11 is 0. The Balaban J connectivity index is 1.69. The van der Waals surface area contributed by atoms with Crippen LogP contribution in [0.15, 0.2) is 34.8 Å². The predicted molar refractivity (Wildman–Crippen MR) is 93.0 cm³/mol. The van der Waals surface area contributed by atoms with Crippen LogP contribution in [0.4, 0.5) is 0 Å². The molecule has 3 rings (SSSR count). The molecular formula is C19H21NO5. The van der Waals surface area contributed by atoms with E-state index in [0.29, 0.717) is 30.5 Å². The van der Waals surface area contributed by atoms with Crippen molar-refractivity contribution in [2.24, 2.45) is 0 Å². The Kier molecular flexibility index (Phi) is 4.97. The molecule has 6 nitrogen and oxygen atoms in total. The molecule has 1 aliphatic heterocycles. The number of aryl methyl sites for hydroxylation is 1. The molecule has 25 heavy (non-hydrogen) atoms. The van der Waals surface area contributed by atoms with Gasteiger partial charge in [0.2, 0.25) is 11.7 Å². The lowest BCUT2D eigenvalue weighted by atomic mass is 10.1. The second kappa shape index (κ2) is 7.34. The first-order chi connectivity index (χ1) is 12.1. The fourth-order valence-corrected chi connectivity index (χ4v) is 2.58. The zero-order chi connectivity index (χ0) is 17.8. The molecule has 0 fully saturated rings. The lowest BCUT2D eigenvalue weighted by Crippen LogP contribution is -2.24. The van der Waals surface area contributed by atoms with Crippen molar-refractivity contribution in [2.75, 3.05) is 20.3 Å². The van der Waals surface area contributed by atoms with Gasteiger partial charge in [-0.3, -0.25) is 4.79 Å². The molecule has 0 aliphatic carbocycles. The van der Waals surface area contributed by atoms with E-state index in [1.807, 2.05) is 32.0 Å².